The number of hydrogen-bond donors (Lipinski definition) is 1. The first kappa shape index (κ1) is 11.5. The van der Waals surface area contributed by atoms with Gasteiger partial charge in [0.1, 0.15) is 5.15 Å². The topological polar surface area (TPSA) is 71.8 Å². The van der Waals surface area contributed by atoms with Crippen LogP contribution in [0, 0.1) is 0 Å². The minimum atomic E-state index is -0.741. The fraction of sp³-hybridized carbons (Fsp3) is 0.222. The fourth-order valence-electron chi connectivity index (χ4n) is 0.967. The molecule has 0 fully saturated rings. The Balaban J connectivity index is 3.04. The Morgan fingerprint density at radius 1 is 1.73 bits per heavy atom. The highest BCUT2D eigenvalue weighted by molar-refractivity contribution is 6.46. The molecule has 15 heavy (non-hydrogen) atoms. The minimum absolute atomic E-state index is 0.0818. The molecule has 0 aromatic carbocycles. The zero-order chi connectivity index (χ0) is 11.3. The number of nitrogens with zero attached hydrogens (tertiary/aromatic N) is 2. The van der Waals surface area contributed by atoms with Crippen LogP contribution in [-0.4, -0.2) is 28.5 Å². The number of aromatic nitrogens is 1. The molecule has 6 heteroatoms. The van der Waals surface area contributed by atoms with Crippen molar-refractivity contribution in [3.8, 4) is 0 Å². The SMILES string of the molecule is CCOC(=O)C(=NO)c1cccnc1Cl. The average molecular weight is 229 g/mol. The molecule has 0 radical (unpaired) electrons. The minimum Gasteiger partial charge on any atom is -0.461 e. The van der Waals surface area contributed by atoms with Crippen molar-refractivity contribution in [2.75, 3.05) is 6.61 Å². The molecule has 0 unspecified atom stereocenters. The molecule has 0 spiro atoms. The molecule has 0 bridgehead atoms. The summed E-state index contributed by atoms with van der Waals surface area (Å²) >= 11 is 5.73. The van der Waals surface area contributed by atoms with Gasteiger partial charge in [-0.25, -0.2) is 9.78 Å². The maximum absolute atomic E-state index is 11.3. The first-order chi connectivity index (χ1) is 7.20. The van der Waals surface area contributed by atoms with Crippen LogP contribution >= 0.6 is 11.6 Å². The van der Waals surface area contributed by atoms with Crippen LogP contribution in [0.15, 0.2) is 23.5 Å². The Bertz CT molecular complexity index is 393. The second-order valence-electron chi connectivity index (χ2n) is 2.51. The van der Waals surface area contributed by atoms with Crippen molar-refractivity contribution < 1.29 is 14.7 Å². The molecule has 5 nitrogen and oxygen atoms in total. The second kappa shape index (κ2) is 5.31. The molecule has 0 saturated heterocycles. The molecule has 1 rings (SSSR count). The summed E-state index contributed by atoms with van der Waals surface area (Å²) in [5.74, 6) is -0.741. The van der Waals surface area contributed by atoms with Gasteiger partial charge in [0.2, 0.25) is 0 Å². The average Bonchev–Trinajstić information content (AvgIpc) is 2.22. The van der Waals surface area contributed by atoms with Gasteiger partial charge in [0.15, 0.2) is 5.71 Å². The quantitative estimate of drug-likeness (QED) is 0.280. The molecule has 0 saturated carbocycles. The van der Waals surface area contributed by atoms with Crippen molar-refractivity contribution in [2.24, 2.45) is 5.16 Å². The largest absolute Gasteiger partial charge is 0.461 e. The first-order valence-corrected chi connectivity index (χ1v) is 4.58. The van der Waals surface area contributed by atoms with Gasteiger partial charge in [-0.15, -0.1) is 0 Å². The summed E-state index contributed by atoms with van der Waals surface area (Å²) in [6, 6.07) is 3.09. The zero-order valence-corrected chi connectivity index (χ0v) is 8.73. The Morgan fingerprint density at radius 3 is 3.00 bits per heavy atom. The van der Waals surface area contributed by atoms with Crippen LogP contribution in [0.25, 0.3) is 0 Å². The summed E-state index contributed by atoms with van der Waals surface area (Å²) < 4.78 is 4.69. The lowest BCUT2D eigenvalue weighted by molar-refractivity contribution is -0.135. The van der Waals surface area contributed by atoms with Crippen molar-refractivity contribution in [1.29, 1.82) is 0 Å². The van der Waals surface area contributed by atoms with E-state index in [0.717, 1.165) is 0 Å². The van der Waals surface area contributed by atoms with Crippen LogP contribution in [0.3, 0.4) is 0 Å². The van der Waals surface area contributed by atoms with E-state index in [0.29, 0.717) is 0 Å². The molecule has 80 valence electrons. The lowest BCUT2D eigenvalue weighted by Crippen LogP contribution is -2.19. The molecule has 0 aliphatic heterocycles. The molecule has 0 aliphatic carbocycles. The van der Waals surface area contributed by atoms with E-state index in [1.807, 2.05) is 0 Å². The van der Waals surface area contributed by atoms with Crippen LogP contribution < -0.4 is 0 Å². The normalized spacial score (nSPS) is 11.2. The molecule has 0 amide bonds. The summed E-state index contributed by atoms with van der Waals surface area (Å²) in [7, 11) is 0. The Hall–Kier alpha value is -1.62. The van der Waals surface area contributed by atoms with Crippen molar-refractivity contribution in [2.45, 2.75) is 6.92 Å². The molecule has 0 aliphatic rings. The van der Waals surface area contributed by atoms with E-state index in [1.165, 1.54) is 12.3 Å². The number of hydrogen-bond acceptors (Lipinski definition) is 5. The third kappa shape index (κ3) is 2.66. The van der Waals surface area contributed by atoms with Crippen LogP contribution in [0.5, 0.6) is 0 Å². The van der Waals surface area contributed by atoms with Gasteiger partial charge in [-0.3, -0.25) is 0 Å². The predicted octanol–water partition coefficient (Wildman–Crippen LogP) is 1.48. The zero-order valence-electron chi connectivity index (χ0n) is 7.98. The van der Waals surface area contributed by atoms with Gasteiger partial charge in [-0.05, 0) is 19.1 Å². The number of carbonyl (C=O) groups is 1. The monoisotopic (exact) mass is 228 g/mol. The molecular weight excluding hydrogens is 220 g/mol. The van der Waals surface area contributed by atoms with Gasteiger partial charge < -0.3 is 9.94 Å². The maximum Gasteiger partial charge on any atom is 0.361 e. The molecule has 1 aromatic heterocycles. The van der Waals surface area contributed by atoms with E-state index in [2.05, 4.69) is 14.9 Å². The van der Waals surface area contributed by atoms with Crippen molar-refractivity contribution >= 4 is 23.3 Å². The number of carbonyl (C=O) groups excluding carboxylic acids is 1. The fourth-order valence-corrected chi connectivity index (χ4v) is 1.18. The van der Waals surface area contributed by atoms with E-state index < -0.39 is 5.97 Å². The number of pyridine rings is 1. The van der Waals surface area contributed by atoms with Crippen LogP contribution in [-0.2, 0) is 9.53 Å². The highest BCUT2D eigenvalue weighted by atomic mass is 35.5. The molecule has 0 atom stereocenters. The third-order valence-corrected chi connectivity index (χ3v) is 1.88. The van der Waals surface area contributed by atoms with E-state index in [4.69, 9.17) is 16.8 Å². The second-order valence-corrected chi connectivity index (χ2v) is 2.87. The summed E-state index contributed by atoms with van der Waals surface area (Å²) in [5, 5.41) is 11.6. The highest BCUT2D eigenvalue weighted by Gasteiger charge is 2.19. The van der Waals surface area contributed by atoms with Crippen LogP contribution in [0.1, 0.15) is 12.5 Å². The number of halogens is 1. The molecule has 1 heterocycles. The van der Waals surface area contributed by atoms with E-state index in [1.54, 1.807) is 13.0 Å². The van der Waals surface area contributed by atoms with E-state index in [9.17, 15) is 4.79 Å². The summed E-state index contributed by atoms with van der Waals surface area (Å²) in [4.78, 5) is 15.1. The summed E-state index contributed by atoms with van der Waals surface area (Å²) in [6.07, 6.45) is 1.46. The highest BCUT2D eigenvalue weighted by Crippen LogP contribution is 2.13. The first-order valence-electron chi connectivity index (χ1n) is 4.20. The number of esters is 1. The van der Waals surface area contributed by atoms with Crippen LogP contribution in [0.4, 0.5) is 0 Å². The van der Waals surface area contributed by atoms with Gasteiger partial charge in [0, 0.05) is 11.8 Å². The van der Waals surface area contributed by atoms with Gasteiger partial charge in [-0.2, -0.15) is 0 Å². The third-order valence-electron chi connectivity index (χ3n) is 1.58. The van der Waals surface area contributed by atoms with Gasteiger partial charge in [-0.1, -0.05) is 16.8 Å². The summed E-state index contributed by atoms with van der Waals surface area (Å²) in [6.45, 7) is 1.84. The van der Waals surface area contributed by atoms with E-state index >= 15 is 0 Å². The smallest absolute Gasteiger partial charge is 0.361 e. The lowest BCUT2D eigenvalue weighted by atomic mass is 10.2. The Kier molecular flexibility index (Phi) is 4.05. The molecule has 1 N–H and O–H groups in total. The van der Waals surface area contributed by atoms with Gasteiger partial charge >= 0.3 is 5.97 Å². The molecule has 1 aromatic rings. The predicted molar refractivity (Wildman–Crippen MR) is 54.2 cm³/mol. The number of rotatable bonds is 3. The Labute approximate surface area is 91.3 Å². The van der Waals surface area contributed by atoms with Crippen molar-refractivity contribution in [3.63, 3.8) is 0 Å². The van der Waals surface area contributed by atoms with Gasteiger partial charge in [0.05, 0.1) is 6.61 Å². The van der Waals surface area contributed by atoms with Crippen molar-refractivity contribution in [3.05, 3.63) is 29.0 Å². The standard InChI is InChI=1S/C9H9ClN2O3/c1-2-15-9(13)7(12-14)6-4-3-5-11-8(6)10/h3-5,14H,2H2,1H3. The number of ether oxygens (including phenoxy) is 1. The van der Waals surface area contributed by atoms with E-state index in [-0.39, 0.29) is 23.0 Å². The lowest BCUT2D eigenvalue weighted by Gasteiger charge is -2.04. The number of oxime groups is 1. The Morgan fingerprint density at radius 2 is 2.47 bits per heavy atom. The van der Waals surface area contributed by atoms with Gasteiger partial charge in [0.25, 0.3) is 0 Å². The molecular formula is C9H9ClN2O3. The summed E-state index contributed by atoms with van der Waals surface area (Å²) in [5.41, 5.74) is -0.0185. The maximum atomic E-state index is 11.3. The van der Waals surface area contributed by atoms with Crippen LogP contribution in [0.2, 0.25) is 5.15 Å². The van der Waals surface area contributed by atoms with Crippen molar-refractivity contribution in [1.82, 2.24) is 4.98 Å².